The number of aromatic nitrogens is 2. The Labute approximate surface area is 135 Å². The van der Waals surface area contributed by atoms with Crippen LogP contribution in [-0.2, 0) is 0 Å². The van der Waals surface area contributed by atoms with E-state index in [1.165, 1.54) is 12.1 Å². The summed E-state index contributed by atoms with van der Waals surface area (Å²) < 4.78 is 13.5. The Bertz CT molecular complexity index is 1070. The quantitative estimate of drug-likeness (QED) is 0.541. The summed E-state index contributed by atoms with van der Waals surface area (Å²) in [6, 6.07) is 13.3. The molecule has 0 saturated heterocycles. The van der Waals surface area contributed by atoms with E-state index in [4.69, 9.17) is 11.6 Å². The number of H-pyrrole nitrogens is 1. The summed E-state index contributed by atoms with van der Waals surface area (Å²) in [6.07, 6.45) is 1.57. The van der Waals surface area contributed by atoms with Gasteiger partial charge in [0, 0.05) is 28.0 Å². The maximum atomic E-state index is 13.5. The van der Waals surface area contributed by atoms with Crippen molar-refractivity contribution in [3.63, 3.8) is 0 Å². The minimum absolute atomic E-state index is 0.102. The lowest BCUT2D eigenvalue weighted by molar-refractivity contribution is 0.103. The smallest absolute Gasteiger partial charge is 0.215 e. The number of fused-ring (bicyclic) bond motifs is 3. The zero-order valence-electron chi connectivity index (χ0n) is 11.8. The molecule has 4 aromatic rings. The first-order chi connectivity index (χ1) is 11.1. The Morgan fingerprint density at radius 1 is 1.09 bits per heavy atom. The van der Waals surface area contributed by atoms with Crippen LogP contribution in [0.5, 0.6) is 0 Å². The maximum Gasteiger partial charge on any atom is 0.215 e. The number of nitrogens with one attached hydrogen (secondary N) is 1. The van der Waals surface area contributed by atoms with E-state index in [-0.39, 0.29) is 16.3 Å². The summed E-state index contributed by atoms with van der Waals surface area (Å²) in [5.41, 5.74) is 1.87. The number of benzene rings is 2. The second-order valence-corrected chi connectivity index (χ2v) is 5.61. The average Bonchev–Trinajstić information content (AvgIpc) is 2.95. The molecule has 0 fully saturated rings. The number of pyridine rings is 1. The summed E-state index contributed by atoms with van der Waals surface area (Å²) in [4.78, 5) is 20.2. The number of rotatable bonds is 2. The molecule has 0 spiro atoms. The first-order valence-corrected chi connectivity index (χ1v) is 7.38. The molecule has 112 valence electrons. The Balaban J connectivity index is 1.98. The van der Waals surface area contributed by atoms with E-state index in [9.17, 15) is 9.18 Å². The molecule has 0 unspecified atom stereocenters. The minimum Gasteiger partial charge on any atom is -0.353 e. The van der Waals surface area contributed by atoms with Gasteiger partial charge in [-0.05, 0) is 30.3 Å². The van der Waals surface area contributed by atoms with Gasteiger partial charge in [-0.2, -0.15) is 0 Å². The molecule has 2 aromatic carbocycles. The average molecular weight is 325 g/mol. The second-order valence-electron chi connectivity index (χ2n) is 5.21. The zero-order chi connectivity index (χ0) is 16.0. The SMILES string of the molecule is O=C(c1cc(F)ccc1Cl)c1nccc2c1[nH]c1ccccc12. The summed E-state index contributed by atoms with van der Waals surface area (Å²) in [7, 11) is 0. The summed E-state index contributed by atoms with van der Waals surface area (Å²) in [5.74, 6) is -0.923. The van der Waals surface area contributed by atoms with Crippen molar-refractivity contribution >= 4 is 39.2 Å². The number of carbonyl (C=O) groups excluding carboxylic acids is 1. The number of hydrogen-bond donors (Lipinski definition) is 1. The van der Waals surface area contributed by atoms with Gasteiger partial charge in [-0.3, -0.25) is 9.78 Å². The van der Waals surface area contributed by atoms with E-state index in [0.717, 1.165) is 22.4 Å². The largest absolute Gasteiger partial charge is 0.353 e. The van der Waals surface area contributed by atoms with E-state index < -0.39 is 11.6 Å². The molecule has 1 N–H and O–H groups in total. The molecule has 23 heavy (non-hydrogen) atoms. The third kappa shape index (κ3) is 2.19. The molecular formula is C18H10ClFN2O. The van der Waals surface area contributed by atoms with Gasteiger partial charge in [0.25, 0.3) is 0 Å². The van der Waals surface area contributed by atoms with Crippen molar-refractivity contribution in [1.82, 2.24) is 9.97 Å². The van der Waals surface area contributed by atoms with Crippen molar-refractivity contribution < 1.29 is 9.18 Å². The normalized spacial score (nSPS) is 11.2. The lowest BCUT2D eigenvalue weighted by Crippen LogP contribution is -2.06. The summed E-state index contributed by atoms with van der Waals surface area (Å²) in [5, 5.41) is 2.10. The molecule has 0 saturated carbocycles. The fourth-order valence-corrected chi connectivity index (χ4v) is 2.95. The van der Waals surface area contributed by atoms with Gasteiger partial charge in [0.2, 0.25) is 5.78 Å². The third-order valence-corrected chi connectivity index (χ3v) is 4.15. The molecule has 5 heteroatoms. The molecule has 0 amide bonds. The highest BCUT2D eigenvalue weighted by molar-refractivity contribution is 6.35. The molecule has 0 aliphatic heterocycles. The minimum atomic E-state index is -0.512. The predicted octanol–water partition coefficient (Wildman–Crippen LogP) is 4.74. The highest BCUT2D eigenvalue weighted by atomic mass is 35.5. The first-order valence-electron chi connectivity index (χ1n) is 7.00. The highest BCUT2D eigenvalue weighted by Crippen LogP contribution is 2.28. The van der Waals surface area contributed by atoms with Gasteiger partial charge >= 0.3 is 0 Å². The van der Waals surface area contributed by atoms with Crippen molar-refractivity contribution in [2.24, 2.45) is 0 Å². The Morgan fingerprint density at radius 3 is 2.78 bits per heavy atom. The summed E-state index contributed by atoms with van der Waals surface area (Å²) in [6.45, 7) is 0. The lowest BCUT2D eigenvalue weighted by Gasteiger charge is -2.04. The van der Waals surface area contributed by atoms with Crippen LogP contribution in [0.1, 0.15) is 16.1 Å². The number of carbonyl (C=O) groups is 1. The fourth-order valence-electron chi connectivity index (χ4n) is 2.75. The first kappa shape index (κ1) is 13.9. The van der Waals surface area contributed by atoms with Crippen LogP contribution in [0.3, 0.4) is 0 Å². The van der Waals surface area contributed by atoms with E-state index in [2.05, 4.69) is 9.97 Å². The van der Waals surface area contributed by atoms with Gasteiger partial charge in [0.1, 0.15) is 11.5 Å². The molecule has 2 aromatic heterocycles. The van der Waals surface area contributed by atoms with Crippen LogP contribution in [0.25, 0.3) is 21.8 Å². The predicted molar refractivity (Wildman–Crippen MR) is 88.4 cm³/mol. The molecule has 0 aliphatic rings. The zero-order valence-corrected chi connectivity index (χ0v) is 12.6. The van der Waals surface area contributed by atoms with E-state index >= 15 is 0 Å². The molecule has 3 nitrogen and oxygen atoms in total. The number of halogens is 2. The molecule has 0 aliphatic carbocycles. The van der Waals surface area contributed by atoms with Crippen LogP contribution in [0.4, 0.5) is 4.39 Å². The van der Waals surface area contributed by atoms with Gasteiger partial charge in [-0.25, -0.2) is 4.39 Å². The Kier molecular flexibility index (Phi) is 3.13. The van der Waals surface area contributed by atoms with Crippen molar-refractivity contribution in [2.45, 2.75) is 0 Å². The van der Waals surface area contributed by atoms with Crippen LogP contribution < -0.4 is 0 Å². The highest BCUT2D eigenvalue weighted by Gasteiger charge is 2.19. The number of para-hydroxylation sites is 1. The van der Waals surface area contributed by atoms with Gasteiger partial charge in [0.15, 0.2) is 0 Å². The van der Waals surface area contributed by atoms with E-state index in [1.54, 1.807) is 6.20 Å². The molecule has 2 heterocycles. The topological polar surface area (TPSA) is 45.8 Å². The van der Waals surface area contributed by atoms with Crippen LogP contribution in [-0.4, -0.2) is 15.8 Å². The van der Waals surface area contributed by atoms with Crippen LogP contribution >= 0.6 is 11.6 Å². The van der Waals surface area contributed by atoms with Crippen molar-refractivity contribution in [3.8, 4) is 0 Å². The van der Waals surface area contributed by atoms with Gasteiger partial charge in [0.05, 0.1) is 10.5 Å². The Hall–Kier alpha value is -2.72. The van der Waals surface area contributed by atoms with Crippen LogP contribution in [0.2, 0.25) is 5.02 Å². The number of nitrogens with zero attached hydrogens (tertiary/aromatic N) is 1. The van der Waals surface area contributed by atoms with E-state index in [0.29, 0.717) is 5.52 Å². The van der Waals surface area contributed by atoms with Crippen LogP contribution in [0, 0.1) is 5.82 Å². The van der Waals surface area contributed by atoms with Gasteiger partial charge in [-0.15, -0.1) is 0 Å². The molecule has 0 atom stereocenters. The van der Waals surface area contributed by atoms with Crippen molar-refractivity contribution in [2.75, 3.05) is 0 Å². The Morgan fingerprint density at radius 2 is 1.91 bits per heavy atom. The lowest BCUT2D eigenvalue weighted by atomic mass is 10.1. The van der Waals surface area contributed by atoms with Crippen LogP contribution in [0.15, 0.2) is 54.7 Å². The second kappa shape index (κ2) is 5.18. The van der Waals surface area contributed by atoms with E-state index in [1.807, 2.05) is 30.3 Å². The molecule has 0 radical (unpaired) electrons. The van der Waals surface area contributed by atoms with Gasteiger partial charge < -0.3 is 4.98 Å². The summed E-state index contributed by atoms with van der Waals surface area (Å²) >= 11 is 6.05. The number of ketones is 1. The monoisotopic (exact) mass is 324 g/mol. The maximum absolute atomic E-state index is 13.5. The number of aromatic amines is 1. The van der Waals surface area contributed by atoms with Crippen molar-refractivity contribution in [1.29, 1.82) is 0 Å². The van der Waals surface area contributed by atoms with Gasteiger partial charge in [-0.1, -0.05) is 29.8 Å². The number of hydrogen-bond acceptors (Lipinski definition) is 2. The fraction of sp³-hybridized carbons (Fsp3) is 0. The molecular weight excluding hydrogens is 315 g/mol. The standard InChI is InChI=1S/C18H10ClFN2O/c19-14-6-5-10(20)9-13(14)18(23)17-16-12(7-8-21-17)11-3-1-2-4-15(11)22-16/h1-9,22H. The molecule has 0 bridgehead atoms. The molecule has 4 rings (SSSR count). The van der Waals surface area contributed by atoms with Crippen molar-refractivity contribution in [3.05, 3.63) is 76.8 Å². The third-order valence-electron chi connectivity index (χ3n) is 3.82.